The molecule has 0 aliphatic carbocycles. The van der Waals surface area contributed by atoms with Gasteiger partial charge in [-0.1, -0.05) is 42.5 Å². The number of aryl methyl sites for hydroxylation is 1. The van der Waals surface area contributed by atoms with Crippen molar-refractivity contribution in [3.05, 3.63) is 78.1 Å². The van der Waals surface area contributed by atoms with Crippen LogP contribution >= 0.6 is 0 Å². The van der Waals surface area contributed by atoms with E-state index in [2.05, 4.69) is 22.0 Å². The second kappa shape index (κ2) is 9.69. The van der Waals surface area contributed by atoms with Crippen LogP contribution in [-0.2, 0) is 23.5 Å². The van der Waals surface area contributed by atoms with Crippen molar-refractivity contribution in [3.8, 4) is 5.75 Å². The number of rotatable bonds is 10. The fraction of sp³-hybridized carbons (Fsp3) is 0.286. The lowest BCUT2D eigenvalue weighted by Gasteiger charge is -2.17. The zero-order valence-corrected chi connectivity index (χ0v) is 17.2. The van der Waals surface area contributed by atoms with Gasteiger partial charge in [0.05, 0.1) is 6.20 Å². The lowest BCUT2D eigenvalue weighted by atomic mass is 9.92. The topological polar surface area (TPSA) is 99.2 Å². The third kappa shape index (κ3) is 5.90. The molecule has 0 aliphatic rings. The van der Waals surface area contributed by atoms with Crippen LogP contribution in [0.3, 0.4) is 0 Å². The summed E-state index contributed by atoms with van der Waals surface area (Å²) >= 11 is 0. The quantitative estimate of drug-likeness (QED) is 0.495. The molecule has 0 fully saturated rings. The number of nitrogens with two attached hydrogens (primary N) is 1. The number of nitrogens with zero attached hydrogens (tertiary/aromatic N) is 2. The molecule has 0 aliphatic heterocycles. The number of ether oxygens (including phenoxy) is 1. The van der Waals surface area contributed by atoms with E-state index in [4.69, 9.17) is 10.5 Å². The average Bonchev–Trinajstić information content (AvgIpc) is 3.18. The standard InChI is InChI=1S/C21H26N4O3S/c1-25-16-21(15-23-25)29(26,27)24-10-11-28-20-9-5-8-18(13-20)19(14-22)12-17-6-3-2-4-7-17/h2-9,13,15-16,19,24H,10-12,14,22H2,1H3. The van der Waals surface area contributed by atoms with Gasteiger partial charge in [0, 0.05) is 25.7 Å². The van der Waals surface area contributed by atoms with Crippen LogP contribution in [0.15, 0.2) is 71.9 Å². The molecule has 0 spiro atoms. The van der Waals surface area contributed by atoms with E-state index in [0.29, 0.717) is 12.3 Å². The summed E-state index contributed by atoms with van der Waals surface area (Å²) in [6, 6.07) is 18.0. The first kappa shape index (κ1) is 21.0. The Balaban J connectivity index is 1.55. The summed E-state index contributed by atoms with van der Waals surface area (Å²) in [5, 5.41) is 3.88. The van der Waals surface area contributed by atoms with Gasteiger partial charge in [-0.15, -0.1) is 0 Å². The van der Waals surface area contributed by atoms with Crippen molar-refractivity contribution in [3.63, 3.8) is 0 Å². The van der Waals surface area contributed by atoms with Crippen molar-refractivity contribution >= 4 is 10.0 Å². The van der Waals surface area contributed by atoms with Crippen LogP contribution < -0.4 is 15.2 Å². The van der Waals surface area contributed by atoms with Crippen LogP contribution in [0.1, 0.15) is 17.0 Å². The van der Waals surface area contributed by atoms with Crippen LogP contribution in [0.25, 0.3) is 0 Å². The number of aromatic nitrogens is 2. The Morgan fingerprint density at radius 1 is 1.17 bits per heavy atom. The van der Waals surface area contributed by atoms with Gasteiger partial charge in [0.1, 0.15) is 17.3 Å². The molecule has 1 heterocycles. The SMILES string of the molecule is Cn1cc(S(=O)(=O)NCCOc2cccc(C(CN)Cc3ccccc3)c2)cn1. The van der Waals surface area contributed by atoms with Gasteiger partial charge in [0.15, 0.2) is 0 Å². The third-order valence-corrected chi connectivity index (χ3v) is 6.01. The molecule has 1 atom stereocenters. The molecule has 1 unspecified atom stereocenters. The molecular formula is C21H26N4O3S. The van der Waals surface area contributed by atoms with E-state index < -0.39 is 10.0 Å². The summed E-state index contributed by atoms with van der Waals surface area (Å²) in [5.41, 5.74) is 8.34. The first-order chi connectivity index (χ1) is 14.0. The Morgan fingerprint density at radius 2 is 1.97 bits per heavy atom. The van der Waals surface area contributed by atoms with Crippen LogP contribution in [0.5, 0.6) is 5.75 Å². The highest BCUT2D eigenvalue weighted by Gasteiger charge is 2.15. The molecule has 0 saturated heterocycles. The van der Waals surface area contributed by atoms with Crippen LogP contribution in [-0.4, -0.2) is 37.9 Å². The molecule has 3 aromatic rings. The molecule has 0 bridgehead atoms. The summed E-state index contributed by atoms with van der Waals surface area (Å²) in [6.07, 6.45) is 3.62. The van der Waals surface area contributed by atoms with E-state index in [1.54, 1.807) is 7.05 Å². The van der Waals surface area contributed by atoms with Crippen molar-refractivity contribution < 1.29 is 13.2 Å². The number of benzene rings is 2. The number of nitrogens with one attached hydrogen (secondary N) is 1. The van der Waals surface area contributed by atoms with Gasteiger partial charge in [-0.3, -0.25) is 4.68 Å². The van der Waals surface area contributed by atoms with E-state index in [-0.39, 0.29) is 24.0 Å². The molecule has 2 aromatic carbocycles. The first-order valence-electron chi connectivity index (χ1n) is 9.43. The third-order valence-electron chi connectivity index (χ3n) is 4.59. The molecular weight excluding hydrogens is 388 g/mol. The second-order valence-electron chi connectivity index (χ2n) is 6.79. The van der Waals surface area contributed by atoms with E-state index in [1.807, 2.05) is 42.5 Å². The number of sulfonamides is 1. The largest absolute Gasteiger partial charge is 0.492 e. The molecule has 0 saturated carbocycles. The highest BCUT2D eigenvalue weighted by atomic mass is 32.2. The Hall–Kier alpha value is -2.68. The van der Waals surface area contributed by atoms with E-state index >= 15 is 0 Å². The van der Waals surface area contributed by atoms with Gasteiger partial charge in [0.25, 0.3) is 0 Å². The van der Waals surface area contributed by atoms with Crippen molar-refractivity contribution in [1.82, 2.24) is 14.5 Å². The maximum atomic E-state index is 12.2. The van der Waals surface area contributed by atoms with Crippen LogP contribution in [0.4, 0.5) is 0 Å². The molecule has 0 radical (unpaired) electrons. The zero-order valence-electron chi connectivity index (χ0n) is 16.4. The van der Waals surface area contributed by atoms with Gasteiger partial charge >= 0.3 is 0 Å². The van der Waals surface area contributed by atoms with Crippen molar-refractivity contribution in [2.24, 2.45) is 12.8 Å². The lowest BCUT2D eigenvalue weighted by molar-refractivity contribution is 0.322. The normalized spacial score (nSPS) is 12.6. The molecule has 0 amide bonds. The predicted octanol–water partition coefficient (Wildman–Crippen LogP) is 2.06. The fourth-order valence-corrected chi connectivity index (χ4v) is 4.06. The van der Waals surface area contributed by atoms with Gasteiger partial charge in [-0.25, -0.2) is 13.1 Å². The highest BCUT2D eigenvalue weighted by Crippen LogP contribution is 2.24. The molecule has 8 heteroatoms. The van der Waals surface area contributed by atoms with Crippen molar-refractivity contribution in [1.29, 1.82) is 0 Å². The second-order valence-corrected chi connectivity index (χ2v) is 8.56. The summed E-state index contributed by atoms with van der Waals surface area (Å²) in [5.74, 6) is 0.875. The predicted molar refractivity (Wildman–Crippen MR) is 112 cm³/mol. The van der Waals surface area contributed by atoms with E-state index in [1.165, 1.54) is 22.6 Å². The van der Waals surface area contributed by atoms with Gasteiger partial charge < -0.3 is 10.5 Å². The van der Waals surface area contributed by atoms with Crippen LogP contribution in [0, 0.1) is 0 Å². The first-order valence-corrected chi connectivity index (χ1v) is 10.9. The molecule has 1 aromatic heterocycles. The number of hydrogen-bond donors (Lipinski definition) is 2. The monoisotopic (exact) mass is 414 g/mol. The minimum Gasteiger partial charge on any atom is -0.492 e. The maximum absolute atomic E-state index is 12.2. The highest BCUT2D eigenvalue weighted by molar-refractivity contribution is 7.89. The van der Waals surface area contributed by atoms with Gasteiger partial charge in [0.2, 0.25) is 10.0 Å². The molecule has 3 N–H and O–H groups in total. The van der Waals surface area contributed by atoms with Crippen molar-refractivity contribution in [2.75, 3.05) is 19.7 Å². The van der Waals surface area contributed by atoms with E-state index in [9.17, 15) is 8.42 Å². The minimum atomic E-state index is -3.58. The fourth-order valence-electron chi connectivity index (χ4n) is 3.06. The average molecular weight is 415 g/mol. The van der Waals surface area contributed by atoms with E-state index in [0.717, 1.165) is 12.0 Å². The van der Waals surface area contributed by atoms with Crippen molar-refractivity contribution in [2.45, 2.75) is 17.2 Å². The Labute approximate surface area is 171 Å². The number of hydrogen-bond acceptors (Lipinski definition) is 5. The molecule has 154 valence electrons. The van der Waals surface area contributed by atoms with Gasteiger partial charge in [-0.05, 0) is 36.2 Å². The van der Waals surface area contributed by atoms with Crippen LogP contribution in [0.2, 0.25) is 0 Å². The maximum Gasteiger partial charge on any atom is 0.243 e. The van der Waals surface area contributed by atoms with Gasteiger partial charge in [-0.2, -0.15) is 5.10 Å². The summed E-state index contributed by atoms with van der Waals surface area (Å²) in [4.78, 5) is 0.133. The molecule has 29 heavy (non-hydrogen) atoms. The Kier molecular flexibility index (Phi) is 7.03. The Morgan fingerprint density at radius 3 is 2.66 bits per heavy atom. The lowest BCUT2D eigenvalue weighted by Crippen LogP contribution is -2.28. The minimum absolute atomic E-state index is 0.133. The summed E-state index contributed by atoms with van der Waals surface area (Å²) in [6.45, 7) is 0.907. The summed E-state index contributed by atoms with van der Waals surface area (Å²) in [7, 11) is -1.92. The molecule has 7 nitrogen and oxygen atoms in total. The molecule has 3 rings (SSSR count). The summed E-state index contributed by atoms with van der Waals surface area (Å²) < 4.78 is 34.1. The zero-order chi connectivity index (χ0) is 20.7. The smallest absolute Gasteiger partial charge is 0.243 e. The Bertz CT molecular complexity index is 1020.